The molecule has 0 radical (unpaired) electrons. The summed E-state index contributed by atoms with van der Waals surface area (Å²) in [7, 11) is 0. The van der Waals surface area contributed by atoms with Crippen molar-refractivity contribution in [2.45, 2.75) is 45.3 Å². The molecular formula is C9H17IO. The van der Waals surface area contributed by atoms with Crippen LogP contribution in [-0.4, -0.2) is 16.6 Å². The number of hydrogen-bond donors (Lipinski definition) is 0. The van der Waals surface area contributed by atoms with Gasteiger partial charge >= 0.3 is 0 Å². The van der Waals surface area contributed by atoms with Crippen LogP contribution in [0.3, 0.4) is 0 Å². The van der Waals surface area contributed by atoms with Crippen molar-refractivity contribution in [3.05, 3.63) is 0 Å². The number of rotatable bonds is 2. The first-order valence-corrected chi connectivity index (χ1v) is 5.98. The van der Waals surface area contributed by atoms with E-state index >= 15 is 0 Å². The van der Waals surface area contributed by atoms with Crippen molar-refractivity contribution in [3.8, 4) is 0 Å². The lowest BCUT2D eigenvalue weighted by Crippen LogP contribution is -2.31. The first-order valence-electron chi connectivity index (χ1n) is 4.45. The molecule has 0 aromatic heterocycles. The van der Waals surface area contributed by atoms with Gasteiger partial charge in [0.1, 0.15) is 0 Å². The molecule has 0 aliphatic carbocycles. The van der Waals surface area contributed by atoms with E-state index in [4.69, 9.17) is 4.74 Å². The quantitative estimate of drug-likeness (QED) is 0.552. The highest BCUT2D eigenvalue weighted by atomic mass is 127. The van der Waals surface area contributed by atoms with Crippen molar-refractivity contribution in [2.75, 3.05) is 4.43 Å². The van der Waals surface area contributed by atoms with Gasteiger partial charge in [0.15, 0.2) is 0 Å². The average Bonchev–Trinajstić information content (AvgIpc) is 2.05. The fourth-order valence-corrected chi connectivity index (χ4v) is 2.18. The van der Waals surface area contributed by atoms with Gasteiger partial charge in [0.05, 0.1) is 12.2 Å². The third kappa shape index (κ3) is 2.90. The minimum Gasteiger partial charge on any atom is -0.374 e. The second kappa shape index (κ2) is 4.65. The van der Waals surface area contributed by atoms with Crippen LogP contribution in [0.15, 0.2) is 0 Å². The summed E-state index contributed by atoms with van der Waals surface area (Å²) in [6.07, 6.45) is 4.97. The van der Waals surface area contributed by atoms with Crippen LogP contribution in [0.5, 0.6) is 0 Å². The van der Waals surface area contributed by atoms with Gasteiger partial charge in [-0.25, -0.2) is 0 Å². The van der Waals surface area contributed by atoms with E-state index in [1.165, 1.54) is 19.3 Å². The highest BCUT2D eigenvalue weighted by molar-refractivity contribution is 14.1. The second-order valence-corrected chi connectivity index (χ2v) is 4.51. The van der Waals surface area contributed by atoms with E-state index in [0.717, 1.165) is 4.43 Å². The summed E-state index contributed by atoms with van der Waals surface area (Å²) in [4.78, 5) is 0. The lowest BCUT2D eigenvalue weighted by molar-refractivity contribution is -0.0581. The molecule has 1 fully saturated rings. The van der Waals surface area contributed by atoms with Crippen LogP contribution in [0.2, 0.25) is 0 Å². The Morgan fingerprint density at radius 3 is 2.73 bits per heavy atom. The molecule has 1 saturated heterocycles. The molecule has 1 nitrogen and oxygen atoms in total. The second-order valence-electron chi connectivity index (χ2n) is 3.63. The predicted octanol–water partition coefficient (Wildman–Crippen LogP) is 3.02. The first-order chi connectivity index (χ1) is 5.24. The summed E-state index contributed by atoms with van der Waals surface area (Å²) in [5.74, 6) is 0.695. The van der Waals surface area contributed by atoms with Gasteiger partial charge in [-0.2, -0.15) is 0 Å². The molecule has 2 heteroatoms. The molecule has 0 aromatic rings. The molecule has 0 saturated carbocycles. The zero-order chi connectivity index (χ0) is 8.27. The molecule has 1 heterocycles. The van der Waals surface area contributed by atoms with E-state index in [1.54, 1.807) is 0 Å². The molecule has 0 aromatic carbocycles. The molecule has 0 bridgehead atoms. The van der Waals surface area contributed by atoms with Crippen molar-refractivity contribution in [1.29, 1.82) is 0 Å². The van der Waals surface area contributed by atoms with E-state index in [9.17, 15) is 0 Å². The third-order valence-corrected chi connectivity index (χ3v) is 3.28. The number of hydrogen-bond acceptors (Lipinski definition) is 1. The van der Waals surface area contributed by atoms with Gasteiger partial charge in [-0.1, -0.05) is 36.4 Å². The topological polar surface area (TPSA) is 9.23 Å². The largest absolute Gasteiger partial charge is 0.374 e. The molecule has 0 unspecified atom stereocenters. The summed E-state index contributed by atoms with van der Waals surface area (Å²) in [6, 6.07) is 0. The van der Waals surface area contributed by atoms with Crippen LogP contribution in [0.4, 0.5) is 0 Å². The van der Waals surface area contributed by atoms with Crippen molar-refractivity contribution < 1.29 is 4.74 Å². The highest BCUT2D eigenvalue weighted by Crippen LogP contribution is 2.24. The monoisotopic (exact) mass is 268 g/mol. The van der Waals surface area contributed by atoms with Crippen LogP contribution < -0.4 is 0 Å². The molecule has 2 atom stereocenters. The first kappa shape index (κ1) is 9.78. The van der Waals surface area contributed by atoms with Gasteiger partial charge in [-0.3, -0.25) is 0 Å². The molecule has 66 valence electrons. The Labute approximate surface area is 83.0 Å². The smallest absolute Gasteiger partial charge is 0.0668 e. The molecular weight excluding hydrogens is 251 g/mol. The fourth-order valence-electron chi connectivity index (χ4n) is 1.53. The zero-order valence-corrected chi connectivity index (χ0v) is 9.50. The summed E-state index contributed by atoms with van der Waals surface area (Å²) in [5, 5.41) is 0. The lowest BCUT2D eigenvalue weighted by Gasteiger charge is -2.31. The van der Waals surface area contributed by atoms with E-state index < -0.39 is 0 Å². The SMILES string of the molecule is CC(C)[C@H]1CCC[C@@H](CI)O1. The van der Waals surface area contributed by atoms with Crippen molar-refractivity contribution in [2.24, 2.45) is 5.92 Å². The Hall–Kier alpha value is 0.690. The summed E-state index contributed by atoms with van der Waals surface area (Å²) in [6.45, 7) is 4.50. The number of halogens is 1. The third-order valence-electron chi connectivity index (χ3n) is 2.30. The fraction of sp³-hybridized carbons (Fsp3) is 1.00. The van der Waals surface area contributed by atoms with Crippen molar-refractivity contribution in [1.82, 2.24) is 0 Å². The van der Waals surface area contributed by atoms with Crippen LogP contribution in [0.1, 0.15) is 33.1 Å². The Bertz CT molecular complexity index is 114. The van der Waals surface area contributed by atoms with E-state index in [1.807, 2.05) is 0 Å². The molecule has 1 aliphatic heterocycles. The molecule has 0 amide bonds. The van der Waals surface area contributed by atoms with Gasteiger partial charge in [0.25, 0.3) is 0 Å². The maximum atomic E-state index is 5.89. The Balaban J connectivity index is 2.33. The van der Waals surface area contributed by atoms with E-state index in [2.05, 4.69) is 36.4 Å². The van der Waals surface area contributed by atoms with Crippen LogP contribution in [-0.2, 0) is 4.74 Å². The number of ether oxygens (including phenoxy) is 1. The Morgan fingerprint density at radius 1 is 1.45 bits per heavy atom. The molecule has 0 spiro atoms. The molecule has 1 aliphatic rings. The van der Waals surface area contributed by atoms with Gasteiger partial charge < -0.3 is 4.74 Å². The average molecular weight is 268 g/mol. The van der Waals surface area contributed by atoms with Gasteiger partial charge in [-0.15, -0.1) is 0 Å². The summed E-state index contributed by atoms with van der Waals surface area (Å²) in [5.41, 5.74) is 0. The number of alkyl halides is 1. The van der Waals surface area contributed by atoms with Crippen LogP contribution in [0, 0.1) is 5.92 Å². The molecule has 11 heavy (non-hydrogen) atoms. The minimum atomic E-state index is 0.531. The standard InChI is InChI=1S/C9H17IO/c1-7(2)9-5-3-4-8(6-10)11-9/h7-9H,3-6H2,1-2H3/t8-,9+/m0/s1. The molecule has 0 N–H and O–H groups in total. The Morgan fingerprint density at radius 2 is 2.18 bits per heavy atom. The van der Waals surface area contributed by atoms with E-state index in [0.29, 0.717) is 18.1 Å². The lowest BCUT2D eigenvalue weighted by atomic mass is 9.97. The van der Waals surface area contributed by atoms with Gasteiger partial charge in [0, 0.05) is 4.43 Å². The highest BCUT2D eigenvalue weighted by Gasteiger charge is 2.23. The maximum absolute atomic E-state index is 5.89. The zero-order valence-electron chi connectivity index (χ0n) is 7.35. The minimum absolute atomic E-state index is 0.531. The normalized spacial score (nSPS) is 32.7. The maximum Gasteiger partial charge on any atom is 0.0668 e. The van der Waals surface area contributed by atoms with Crippen LogP contribution in [0.25, 0.3) is 0 Å². The van der Waals surface area contributed by atoms with Gasteiger partial charge in [0.2, 0.25) is 0 Å². The van der Waals surface area contributed by atoms with Crippen molar-refractivity contribution >= 4 is 22.6 Å². The predicted molar refractivity (Wildman–Crippen MR) is 56.2 cm³/mol. The van der Waals surface area contributed by atoms with Gasteiger partial charge in [-0.05, 0) is 25.2 Å². The molecule has 1 rings (SSSR count). The Kier molecular flexibility index (Phi) is 4.13. The van der Waals surface area contributed by atoms with E-state index in [-0.39, 0.29) is 0 Å². The summed E-state index contributed by atoms with van der Waals surface area (Å²) >= 11 is 2.42. The van der Waals surface area contributed by atoms with Crippen molar-refractivity contribution in [3.63, 3.8) is 0 Å². The van der Waals surface area contributed by atoms with Crippen LogP contribution >= 0.6 is 22.6 Å². The summed E-state index contributed by atoms with van der Waals surface area (Å²) < 4.78 is 7.04.